The molecule has 0 amide bonds. The van der Waals surface area contributed by atoms with Crippen molar-refractivity contribution in [2.45, 2.75) is 0 Å². The lowest BCUT2D eigenvalue weighted by Gasteiger charge is -2.45. The number of anilines is 6. The number of benzene rings is 14. The van der Waals surface area contributed by atoms with Gasteiger partial charge in [0.2, 0.25) is 0 Å². The van der Waals surface area contributed by atoms with E-state index >= 15 is 0 Å². The summed E-state index contributed by atoms with van der Waals surface area (Å²) >= 11 is 0. The van der Waals surface area contributed by atoms with E-state index in [2.05, 4.69) is 378 Å². The lowest BCUT2D eigenvalue weighted by molar-refractivity contribution is 1.16. The van der Waals surface area contributed by atoms with Gasteiger partial charge in [0, 0.05) is 44.9 Å². The molecule has 2 aliphatic heterocycles. The Morgan fingerprint density at radius 3 is 1.11 bits per heavy atom. The number of fused-ring (bicyclic) bond motifs is 7. The van der Waals surface area contributed by atoms with Crippen molar-refractivity contribution in [2.75, 3.05) is 9.80 Å². The van der Waals surface area contributed by atoms with E-state index in [1.165, 1.54) is 102 Å². The van der Waals surface area contributed by atoms with Gasteiger partial charge >= 0.3 is 0 Å². The van der Waals surface area contributed by atoms with E-state index in [1.807, 2.05) is 0 Å². The van der Waals surface area contributed by atoms with Crippen LogP contribution in [0.25, 0.3) is 38.6 Å². The van der Waals surface area contributed by atoms with Crippen LogP contribution in [-0.4, -0.2) is 27.4 Å². The van der Waals surface area contributed by atoms with Gasteiger partial charge in [-0.25, -0.2) is 0 Å². The molecule has 0 spiro atoms. The highest BCUT2D eigenvalue weighted by Gasteiger charge is 2.47. The summed E-state index contributed by atoms with van der Waals surface area (Å²) in [4.78, 5) is 5.22. The third kappa shape index (κ3) is 8.26. The smallest absolute Gasteiger partial charge is 0.252 e. The molecule has 0 bridgehead atoms. The normalized spacial score (nSPS) is 12.6. The largest absolute Gasteiger partial charge is 0.311 e. The number of rotatable bonds is 12. The second-order valence-corrected chi connectivity index (χ2v) is 31.4. The third-order valence-corrected chi connectivity index (χ3v) is 28.8. The van der Waals surface area contributed by atoms with Gasteiger partial charge in [0.1, 0.15) is 0 Å². The van der Waals surface area contributed by atoms with E-state index in [1.54, 1.807) is 0 Å². The summed E-state index contributed by atoms with van der Waals surface area (Å²) in [7, 11) is -5.86. The van der Waals surface area contributed by atoms with Crippen LogP contribution in [0.15, 0.2) is 364 Å². The Morgan fingerprint density at radius 2 is 0.611 bits per heavy atom. The van der Waals surface area contributed by atoms with Crippen molar-refractivity contribution in [1.29, 1.82) is 0 Å². The molecule has 0 saturated heterocycles. The molecule has 6 heteroatoms. The average molecular weight is 1180 g/mol. The Bertz CT molecular complexity index is 4880. The molecular weight excluding hydrogens is 1120 g/mol. The maximum absolute atomic E-state index is 2.98. The number of nitrogens with zero attached hydrogens (tertiary/aromatic N) is 3. The highest BCUT2D eigenvalue weighted by Crippen LogP contribution is 2.47. The molecule has 0 atom stereocenters. The molecular formula is C84H60BN3Si2. The first-order valence-electron chi connectivity index (χ1n) is 31.3. The maximum Gasteiger partial charge on any atom is 0.252 e. The van der Waals surface area contributed by atoms with Gasteiger partial charge in [0.25, 0.3) is 6.71 Å². The van der Waals surface area contributed by atoms with Gasteiger partial charge in [0.05, 0.1) is 16.7 Å². The monoisotopic (exact) mass is 1180 g/mol. The fourth-order valence-corrected chi connectivity index (χ4v) is 25.1. The topological polar surface area (TPSA) is 11.4 Å². The Balaban J connectivity index is 0.971. The van der Waals surface area contributed by atoms with E-state index in [0.717, 1.165) is 28.4 Å². The molecule has 0 saturated carbocycles. The molecule has 90 heavy (non-hydrogen) atoms. The van der Waals surface area contributed by atoms with Gasteiger partial charge in [-0.05, 0) is 130 Å². The quantitative estimate of drug-likeness (QED) is 0.0892. The minimum Gasteiger partial charge on any atom is -0.311 e. The van der Waals surface area contributed by atoms with Gasteiger partial charge in [-0.2, -0.15) is 0 Å². The first-order valence-corrected chi connectivity index (χ1v) is 35.3. The van der Waals surface area contributed by atoms with Crippen molar-refractivity contribution in [3.05, 3.63) is 364 Å². The number of aromatic nitrogens is 1. The summed E-state index contributed by atoms with van der Waals surface area (Å²) in [5, 5.41) is 13.2. The summed E-state index contributed by atoms with van der Waals surface area (Å²) in [6.07, 6.45) is 0. The Kier molecular flexibility index (Phi) is 13.0. The van der Waals surface area contributed by atoms with E-state index < -0.39 is 16.1 Å². The Morgan fingerprint density at radius 1 is 0.233 bits per heavy atom. The van der Waals surface area contributed by atoms with Crippen molar-refractivity contribution >= 4 is 137 Å². The third-order valence-electron chi connectivity index (χ3n) is 19.3. The molecule has 0 unspecified atom stereocenters. The van der Waals surface area contributed by atoms with Crippen LogP contribution in [0, 0.1) is 0 Å². The summed E-state index contributed by atoms with van der Waals surface area (Å²) in [5.74, 6) is 0. The van der Waals surface area contributed by atoms with Crippen LogP contribution in [0.1, 0.15) is 0 Å². The van der Waals surface area contributed by atoms with Crippen molar-refractivity contribution in [3.63, 3.8) is 0 Å². The van der Waals surface area contributed by atoms with Crippen LogP contribution in [0.5, 0.6) is 0 Å². The molecule has 422 valence electrons. The molecule has 0 aliphatic carbocycles. The van der Waals surface area contributed by atoms with Gasteiger partial charge < -0.3 is 14.4 Å². The minimum absolute atomic E-state index is 0.138. The van der Waals surface area contributed by atoms with Crippen LogP contribution in [0.3, 0.4) is 0 Å². The van der Waals surface area contributed by atoms with Crippen LogP contribution in [0.4, 0.5) is 34.1 Å². The van der Waals surface area contributed by atoms with E-state index in [0.29, 0.717) is 0 Å². The number of hydrogen-bond donors (Lipinski definition) is 0. The second kappa shape index (κ2) is 22.0. The van der Waals surface area contributed by atoms with Gasteiger partial charge in [-0.3, -0.25) is 0 Å². The first kappa shape index (κ1) is 53.2. The standard InChI is InChI=1S/C84H60BN3Si2/c1-8-30-61(31-9-1)73-48-29-53-80-83(73)85-76-49-24-27-52-79(76)87(63-32-28-45-72(58-63)90(68-39-16-5-17-40-68,69-41-18-6-19-42-69)70-43-20-7-21-44-70)82-60-64(88-77-50-25-22-46-74(77)75-47-23-26-51-78(75)88)59-81(84(82)85)86(80)62-54-56-71(57-55-62)89(65-33-10-2-11-34-65,66-35-12-3-13-36-66)67-37-14-4-15-38-67/h1-60H. The highest BCUT2D eigenvalue weighted by molar-refractivity contribution is 7.20. The SMILES string of the molecule is c1ccc(-c2cccc3c2B2c4ccccc4N(c4cccc([Si](c5ccccc5)(c5ccccc5)c5ccccc5)c4)c4cc(-n5c6ccccc6c6ccccc65)cc(c42)N3c2ccc([Si](c3ccccc3)(c3ccccc3)c3ccccc3)cc2)cc1. The molecule has 17 rings (SSSR count). The summed E-state index contributed by atoms with van der Waals surface area (Å²) < 4.78 is 2.51. The van der Waals surface area contributed by atoms with E-state index in [-0.39, 0.29) is 6.71 Å². The fraction of sp³-hybridized carbons (Fsp3) is 0. The van der Waals surface area contributed by atoms with Crippen molar-refractivity contribution in [2.24, 2.45) is 0 Å². The summed E-state index contributed by atoms with van der Waals surface area (Å²) in [6.45, 7) is -0.138. The van der Waals surface area contributed by atoms with E-state index in [9.17, 15) is 0 Å². The molecule has 0 N–H and O–H groups in total. The molecule has 3 nitrogen and oxygen atoms in total. The minimum atomic E-state index is -2.98. The lowest BCUT2D eigenvalue weighted by Crippen LogP contribution is -2.74. The zero-order valence-electron chi connectivity index (χ0n) is 49.6. The van der Waals surface area contributed by atoms with Crippen LogP contribution in [-0.2, 0) is 0 Å². The molecule has 0 radical (unpaired) electrons. The van der Waals surface area contributed by atoms with Crippen molar-refractivity contribution in [3.8, 4) is 16.8 Å². The van der Waals surface area contributed by atoms with Crippen molar-refractivity contribution < 1.29 is 0 Å². The Hall–Kier alpha value is -11.0. The zero-order chi connectivity index (χ0) is 59.6. The lowest BCUT2D eigenvalue weighted by atomic mass is 9.32. The number of para-hydroxylation sites is 3. The van der Waals surface area contributed by atoms with Crippen molar-refractivity contribution in [1.82, 2.24) is 4.57 Å². The zero-order valence-corrected chi connectivity index (χ0v) is 51.6. The van der Waals surface area contributed by atoms with Gasteiger partial charge in [-0.1, -0.05) is 303 Å². The van der Waals surface area contributed by atoms with Gasteiger partial charge in [0.15, 0.2) is 16.1 Å². The van der Waals surface area contributed by atoms with Crippen LogP contribution >= 0.6 is 0 Å². The molecule has 14 aromatic carbocycles. The van der Waals surface area contributed by atoms with Crippen LogP contribution in [0.2, 0.25) is 0 Å². The predicted octanol–water partition coefficient (Wildman–Crippen LogP) is 13.3. The average Bonchev–Trinajstić information content (AvgIpc) is 0.780. The van der Waals surface area contributed by atoms with Crippen LogP contribution < -0.4 is 67.7 Å². The summed E-state index contributed by atoms with van der Waals surface area (Å²) in [6, 6.07) is 137. The second-order valence-electron chi connectivity index (χ2n) is 23.8. The highest BCUT2D eigenvalue weighted by atomic mass is 28.3. The van der Waals surface area contributed by atoms with E-state index in [4.69, 9.17) is 0 Å². The number of hydrogen-bond acceptors (Lipinski definition) is 2. The molecule has 15 aromatic rings. The maximum atomic E-state index is 2.61. The molecule has 3 heterocycles. The molecule has 1 aromatic heterocycles. The first-order chi connectivity index (χ1) is 44.7. The molecule has 2 aliphatic rings. The Labute approximate surface area is 528 Å². The predicted molar refractivity (Wildman–Crippen MR) is 387 cm³/mol. The fourth-order valence-electron chi connectivity index (χ4n) is 15.6. The molecule has 0 fully saturated rings. The summed E-state index contributed by atoms with van der Waals surface area (Å²) in [5.41, 5.74) is 16.5. The van der Waals surface area contributed by atoms with Gasteiger partial charge in [-0.15, -0.1) is 0 Å².